The molecule has 0 unspecified atom stereocenters. The Morgan fingerprint density at radius 3 is 1.00 bits per heavy atom. The van der Waals surface area contributed by atoms with E-state index in [-0.39, 0.29) is 154 Å². The van der Waals surface area contributed by atoms with Crippen molar-refractivity contribution in [2.45, 2.75) is 0 Å². The van der Waals surface area contributed by atoms with Gasteiger partial charge in [0.25, 0.3) is 0 Å². The first kappa shape index (κ1) is 32.4. The topological polar surface area (TPSA) is 0 Å². The van der Waals surface area contributed by atoms with Crippen LogP contribution < -0.4 is 0 Å². The van der Waals surface area contributed by atoms with Gasteiger partial charge in [-0.15, -0.1) is 0 Å². The fourth-order valence-electron chi connectivity index (χ4n) is 0. The molecule has 0 aliphatic heterocycles. The molecule has 5 heteroatoms. The van der Waals surface area contributed by atoms with Crippen LogP contribution >= 0.6 is 0 Å². The zero-order chi connectivity index (χ0) is 0. The van der Waals surface area contributed by atoms with Gasteiger partial charge in [-0.25, -0.2) is 0 Å². The fourth-order valence-corrected chi connectivity index (χ4v) is 0. The van der Waals surface area contributed by atoms with Gasteiger partial charge in [0.2, 0.25) is 0 Å². The minimum Gasteiger partial charge on any atom is 0 e. The summed E-state index contributed by atoms with van der Waals surface area (Å²) in [7, 11) is 0. The Kier molecular flexibility index (Phi) is 150. The van der Waals surface area contributed by atoms with Crippen molar-refractivity contribution >= 4 is 74.4 Å². The van der Waals surface area contributed by atoms with Crippen LogP contribution in [-0.2, 0) is 38.1 Å². The Labute approximate surface area is 149 Å². The van der Waals surface area contributed by atoms with E-state index < -0.39 is 0 Å². The number of hydrogen-bond acceptors (Lipinski definition) is 0. The van der Waals surface area contributed by atoms with E-state index >= 15 is 0 Å². The predicted octanol–water partition coefficient (Wildman–Crippen LogP) is -0.767. The van der Waals surface area contributed by atoms with Crippen molar-refractivity contribution in [2.24, 2.45) is 0 Å². The molecule has 0 atom stereocenters. The van der Waals surface area contributed by atoms with Crippen LogP contribution in [0.25, 0.3) is 0 Å². The molecule has 5 heavy (non-hydrogen) atoms. The second kappa shape index (κ2) is 23.1. The summed E-state index contributed by atoms with van der Waals surface area (Å²) in [6.07, 6.45) is 0. The van der Waals surface area contributed by atoms with Gasteiger partial charge in [0.05, 0.1) is 0 Å². The molecule has 0 fully saturated rings. The van der Waals surface area contributed by atoms with Crippen molar-refractivity contribution in [3.63, 3.8) is 0 Å². The largest absolute Gasteiger partial charge is 0 e. The second-order valence-corrected chi connectivity index (χ2v) is 0. The maximum absolute atomic E-state index is 0. The average Bonchev–Trinajstić information content (AvgIpc) is 0. The zero-order valence-corrected chi connectivity index (χ0v) is 14.7. The Hall–Kier alpha value is 4.99. The van der Waals surface area contributed by atoms with E-state index in [1.165, 1.54) is 0 Å². The molecule has 0 saturated carbocycles. The van der Waals surface area contributed by atoms with Crippen LogP contribution in [0.2, 0.25) is 0 Å². The third kappa shape index (κ3) is 17.6. The number of hydrogen-bond donors (Lipinski definition) is 0. The molecule has 0 aliphatic rings. The second-order valence-electron chi connectivity index (χ2n) is 0. The SMILES string of the molecule is [Ce].[Fe].[K].[Mg].[W]. The molecular weight excluding hydrogens is 443 g/mol. The van der Waals surface area contributed by atoms with Gasteiger partial charge in [0.15, 0.2) is 0 Å². The molecule has 0 rings (SSSR count). The van der Waals surface area contributed by atoms with Crippen LogP contribution in [-0.4, -0.2) is 74.4 Å². The zero-order valence-electron chi connectivity index (χ0n) is 2.97. The van der Waals surface area contributed by atoms with Gasteiger partial charge in [-0.3, -0.25) is 0 Å². The minimum absolute atomic E-state index is 0. The van der Waals surface area contributed by atoms with Gasteiger partial charge in [0.1, 0.15) is 0 Å². The van der Waals surface area contributed by atoms with Gasteiger partial charge in [-0.2, -0.15) is 0 Å². The molecule has 0 saturated heterocycles. The Balaban J connectivity index is 0. The van der Waals surface area contributed by atoms with Crippen molar-refractivity contribution < 1.29 is 79.9 Å². The molecule has 0 aromatic carbocycles. The summed E-state index contributed by atoms with van der Waals surface area (Å²) in [5.41, 5.74) is 0. The molecule has 3 radical (unpaired) electrons. The molecule has 0 spiro atoms. The van der Waals surface area contributed by atoms with E-state index in [1.54, 1.807) is 0 Å². The summed E-state index contributed by atoms with van der Waals surface area (Å²) in [6, 6.07) is 0. The maximum atomic E-state index is 0. The van der Waals surface area contributed by atoms with E-state index in [2.05, 4.69) is 0 Å². The van der Waals surface area contributed by atoms with E-state index in [0.29, 0.717) is 0 Å². The van der Waals surface area contributed by atoms with E-state index in [9.17, 15) is 0 Å². The summed E-state index contributed by atoms with van der Waals surface area (Å²) in [5, 5.41) is 0. The van der Waals surface area contributed by atoms with Gasteiger partial charge >= 0.3 is 0 Å². The minimum atomic E-state index is 0. The molecule has 0 aliphatic carbocycles. The van der Waals surface area contributed by atoms with Crippen LogP contribution in [0, 0.1) is 41.7 Å². The van der Waals surface area contributed by atoms with Crippen LogP contribution in [0.1, 0.15) is 0 Å². The van der Waals surface area contributed by atoms with Crippen molar-refractivity contribution in [2.75, 3.05) is 0 Å². The van der Waals surface area contributed by atoms with Gasteiger partial charge in [-0.05, 0) is 0 Å². The smallest absolute Gasteiger partial charge is 0 e. The van der Waals surface area contributed by atoms with E-state index in [1.807, 2.05) is 0 Å². The summed E-state index contributed by atoms with van der Waals surface area (Å²) in [6.45, 7) is 0. The summed E-state index contributed by atoms with van der Waals surface area (Å²) in [4.78, 5) is 0. The van der Waals surface area contributed by atoms with Crippen LogP contribution in [0.4, 0.5) is 0 Å². The third-order valence-corrected chi connectivity index (χ3v) is 0. The summed E-state index contributed by atoms with van der Waals surface area (Å²) in [5.74, 6) is 0. The summed E-state index contributed by atoms with van der Waals surface area (Å²) >= 11 is 0. The third-order valence-electron chi connectivity index (χ3n) is 0. The summed E-state index contributed by atoms with van der Waals surface area (Å²) < 4.78 is 0. The maximum Gasteiger partial charge on any atom is 0 e. The van der Waals surface area contributed by atoms with Crippen LogP contribution in [0.5, 0.6) is 0 Å². The first-order chi connectivity index (χ1) is 0. The Morgan fingerprint density at radius 2 is 1.00 bits per heavy atom. The van der Waals surface area contributed by atoms with Crippen LogP contribution in [0.15, 0.2) is 0 Å². The molecule has 0 aromatic rings. The van der Waals surface area contributed by atoms with Gasteiger partial charge in [-0.1, -0.05) is 0 Å². The molecule has 21 valence electrons. The molecule has 0 heterocycles. The normalized spacial score (nSPS) is 0. The molecular formula is CeFeKMgW. The van der Waals surface area contributed by atoms with Crippen molar-refractivity contribution in [3.05, 3.63) is 0 Å². The van der Waals surface area contributed by atoms with Crippen molar-refractivity contribution in [3.8, 4) is 0 Å². The van der Waals surface area contributed by atoms with Crippen LogP contribution in [0.3, 0.4) is 0 Å². The monoisotopic (exact) mass is 443 g/mol. The standard InChI is InChI=1S/Ce.Fe.K.Mg.W. The average molecular weight is 443 g/mol. The first-order valence-electron chi connectivity index (χ1n) is 0. The van der Waals surface area contributed by atoms with Gasteiger partial charge < -0.3 is 0 Å². The quantitative estimate of drug-likeness (QED) is 0.432. The molecule has 0 bridgehead atoms. The first-order valence-corrected chi connectivity index (χ1v) is 0. The Bertz CT molecular complexity index is 11.6. The van der Waals surface area contributed by atoms with Crippen molar-refractivity contribution in [1.29, 1.82) is 0 Å². The predicted molar refractivity (Wildman–Crippen MR) is 11.5 cm³/mol. The van der Waals surface area contributed by atoms with E-state index in [4.69, 9.17) is 0 Å². The Morgan fingerprint density at radius 1 is 1.00 bits per heavy atom. The van der Waals surface area contributed by atoms with Crippen molar-refractivity contribution in [1.82, 2.24) is 0 Å². The molecule has 0 nitrogen and oxygen atoms in total. The number of rotatable bonds is 0. The molecule has 0 aromatic heterocycles. The fraction of sp³-hybridized carbons (Fsp3) is 0. The molecule has 0 N–H and O–H groups in total. The molecule has 0 amide bonds. The van der Waals surface area contributed by atoms with E-state index in [0.717, 1.165) is 0 Å². The van der Waals surface area contributed by atoms with Gasteiger partial charge in [0, 0.05) is 154 Å².